The van der Waals surface area contributed by atoms with Crippen LogP contribution in [0.4, 0.5) is 5.69 Å². The molecule has 0 aliphatic carbocycles. The van der Waals surface area contributed by atoms with Crippen molar-refractivity contribution in [2.45, 2.75) is 11.4 Å². The summed E-state index contributed by atoms with van der Waals surface area (Å²) in [5.41, 5.74) is 0.0846. The largest absolute Gasteiger partial charge is 0.451 e. The van der Waals surface area contributed by atoms with Gasteiger partial charge in [-0.3, -0.25) is 9.59 Å². The molecule has 1 heterocycles. The molecule has 3 aromatic rings. The van der Waals surface area contributed by atoms with Crippen molar-refractivity contribution < 1.29 is 19.4 Å². The molecule has 2 N–H and O–H groups in total. The summed E-state index contributed by atoms with van der Waals surface area (Å²) in [5.74, 6) is -1.33. The maximum absolute atomic E-state index is 12.5. The molecule has 0 aliphatic heterocycles. The number of benzene rings is 2. The van der Waals surface area contributed by atoms with Crippen molar-refractivity contribution in [3.8, 4) is 0 Å². The van der Waals surface area contributed by atoms with Crippen LogP contribution in [0.25, 0.3) is 10.8 Å². The molecule has 8 nitrogen and oxygen atoms in total. The highest BCUT2D eigenvalue weighted by atomic mass is 32.2. The molecule has 0 atom stereocenters. The highest BCUT2D eigenvalue weighted by Gasteiger charge is 2.19. The first-order valence-corrected chi connectivity index (χ1v) is 9.97. The Morgan fingerprint density at radius 3 is 2.66 bits per heavy atom. The number of esters is 1. The number of rotatable bonds is 7. The fraction of sp³-hybridized carbons (Fsp3) is 0.200. The van der Waals surface area contributed by atoms with E-state index in [0.29, 0.717) is 11.1 Å². The summed E-state index contributed by atoms with van der Waals surface area (Å²) in [6.07, 6.45) is 1.93. The number of aliphatic hydroxyl groups excluding tert-OH is 1. The predicted octanol–water partition coefficient (Wildman–Crippen LogP) is 1.91. The molecule has 0 saturated carbocycles. The van der Waals surface area contributed by atoms with E-state index in [9.17, 15) is 14.4 Å². The number of fused-ring (bicyclic) bond motifs is 1. The molecule has 0 spiro atoms. The lowest BCUT2D eigenvalue weighted by Gasteiger charge is -2.10. The zero-order chi connectivity index (χ0) is 20.8. The second-order valence-corrected chi connectivity index (χ2v) is 6.88. The molecular weight excluding hydrogens is 394 g/mol. The minimum absolute atomic E-state index is 0.0593. The van der Waals surface area contributed by atoms with Crippen LogP contribution < -0.4 is 10.9 Å². The first kappa shape index (κ1) is 20.6. The van der Waals surface area contributed by atoms with E-state index >= 15 is 0 Å². The predicted molar refractivity (Wildman–Crippen MR) is 110 cm³/mol. The van der Waals surface area contributed by atoms with Crippen LogP contribution in [0.5, 0.6) is 0 Å². The summed E-state index contributed by atoms with van der Waals surface area (Å²) in [4.78, 5) is 38.0. The maximum Gasteiger partial charge on any atom is 0.359 e. The maximum atomic E-state index is 12.5. The van der Waals surface area contributed by atoms with Gasteiger partial charge >= 0.3 is 5.97 Å². The van der Waals surface area contributed by atoms with Crippen molar-refractivity contribution in [2.24, 2.45) is 0 Å². The van der Waals surface area contributed by atoms with Crippen molar-refractivity contribution in [3.63, 3.8) is 0 Å². The Morgan fingerprint density at radius 1 is 1.17 bits per heavy atom. The highest BCUT2D eigenvalue weighted by Crippen LogP contribution is 2.19. The van der Waals surface area contributed by atoms with Gasteiger partial charge in [-0.1, -0.05) is 24.3 Å². The number of carbonyl (C=O) groups excluding carboxylic acids is 2. The van der Waals surface area contributed by atoms with E-state index in [1.165, 1.54) is 0 Å². The number of hydrogen-bond donors (Lipinski definition) is 2. The lowest BCUT2D eigenvalue weighted by Crippen LogP contribution is -2.28. The zero-order valence-corrected chi connectivity index (χ0v) is 16.4. The van der Waals surface area contributed by atoms with Crippen LogP contribution in [0.1, 0.15) is 10.5 Å². The number of aliphatic hydroxyl groups is 1. The third-order valence-electron chi connectivity index (χ3n) is 4.06. The number of amides is 1. The number of thioether (sulfide) groups is 1. The van der Waals surface area contributed by atoms with Gasteiger partial charge in [0.1, 0.15) is 0 Å². The summed E-state index contributed by atoms with van der Waals surface area (Å²) in [6.45, 7) is -0.870. The molecule has 3 rings (SSSR count). The molecular formula is C20H19N3O5S. The van der Waals surface area contributed by atoms with E-state index in [0.717, 1.165) is 9.58 Å². The van der Waals surface area contributed by atoms with E-state index in [4.69, 9.17) is 9.84 Å². The molecule has 0 unspecified atom stereocenters. The second kappa shape index (κ2) is 9.35. The van der Waals surface area contributed by atoms with Gasteiger partial charge in [-0.2, -0.15) is 5.10 Å². The molecule has 150 valence electrons. The lowest BCUT2D eigenvalue weighted by atomic mass is 10.1. The van der Waals surface area contributed by atoms with E-state index in [1.54, 1.807) is 42.1 Å². The van der Waals surface area contributed by atoms with Gasteiger partial charge in [0.25, 0.3) is 11.5 Å². The van der Waals surface area contributed by atoms with Crippen LogP contribution in [-0.2, 0) is 16.1 Å². The molecule has 0 saturated heterocycles. The summed E-state index contributed by atoms with van der Waals surface area (Å²) >= 11 is 1.54. The van der Waals surface area contributed by atoms with Crippen molar-refractivity contribution in [2.75, 3.05) is 24.8 Å². The van der Waals surface area contributed by atoms with Crippen LogP contribution in [-0.4, -0.2) is 46.2 Å². The van der Waals surface area contributed by atoms with Crippen LogP contribution in [0.2, 0.25) is 0 Å². The Balaban J connectivity index is 1.76. The van der Waals surface area contributed by atoms with E-state index in [1.807, 2.05) is 24.5 Å². The quantitative estimate of drug-likeness (QED) is 0.450. The Morgan fingerprint density at radius 2 is 1.93 bits per heavy atom. The Bertz CT molecular complexity index is 1110. The monoisotopic (exact) mass is 413 g/mol. The number of hydrogen-bond acceptors (Lipinski definition) is 7. The van der Waals surface area contributed by atoms with Crippen molar-refractivity contribution in [3.05, 3.63) is 64.6 Å². The average molecular weight is 413 g/mol. The third kappa shape index (κ3) is 4.82. The molecule has 1 amide bonds. The molecule has 2 aromatic carbocycles. The summed E-state index contributed by atoms with van der Waals surface area (Å²) in [5, 5.41) is 16.4. The fourth-order valence-electron chi connectivity index (χ4n) is 2.73. The first-order chi connectivity index (χ1) is 14.0. The number of anilines is 1. The SMILES string of the molecule is CSc1cccc(NC(=O)COC(=O)c2nn(CCO)c(=O)c3ccccc23)c1. The van der Waals surface area contributed by atoms with Gasteiger partial charge in [-0.15, -0.1) is 11.8 Å². The Labute approximate surface area is 170 Å². The van der Waals surface area contributed by atoms with Gasteiger partial charge < -0.3 is 15.2 Å². The van der Waals surface area contributed by atoms with Crippen LogP contribution >= 0.6 is 11.8 Å². The number of carbonyl (C=O) groups is 2. The topological polar surface area (TPSA) is 111 Å². The summed E-state index contributed by atoms with van der Waals surface area (Å²) in [7, 11) is 0. The minimum Gasteiger partial charge on any atom is -0.451 e. The molecule has 0 bridgehead atoms. The fourth-order valence-corrected chi connectivity index (χ4v) is 3.19. The van der Waals surface area contributed by atoms with Gasteiger partial charge in [0, 0.05) is 16.0 Å². The Hall–Kier alpha value is -3.17. The number of nitrogens with zero attached hydrogens (tertiary/aromatic N) is 2. The molecule has 0 radical (unpaired) electrons. The summed E-state index contributed by atoms with van der Waals surface area (Å²) in [6, 6.07) is 13.8. The Kier molecular flexibility index (Phi) is 6.63. The van der Waals surface area contributed by atoms with Crippen molar-refractivity contribution in [1.82, 2.24) is 9.78 Å². The van der Waals surface area contributed by atoms with Crippen molar-refractivity contribution >= 4 is 40.1 Å². The van der Waals surface area contributed by atoms with Gasteiger partial charge in [-0.25, -0.2) is 9.48 Å². The van der Waals surface area contributed by atoms with Gasteiger partial charge in [0.05, 0.1) is 18.5 Å². The first-order valence-electron chi connectivity index (χ1n) is 8.75. The normalized spacial score (nSPS) is 10.7. The second-order valence-electron chi connectivity index (χ2n) is 6.00. The minimum atomic E-state index is -0.832. The smallest absolute Gasteiger partial charge is 0.359 e. The molecule has 1 aromatic heterocycles. The standard InChI is InChI=1S/C20H19N3O5S/c1-29-14-6-4-5-13(11-14)21-17(25)12-28-20(27)18-15-7-2-3-8-16(15)19(26)23(22-18)9-10-24/h2-8,11,24H,9-10,12H2,1H3,(H,21,25). The number of nitrogens with one attached hydrogen (secondary N) is 1. The van der Waals surface area contributed by atoms with E-state index in [2.05, 4.69) is 10.4 Å². The number of aromatic nitrogens is 2. The van der Waals surface area contributed by atoms with E-state index < -0.39 is 24.0 Å². The molecule has 29 heavy (non-hydrogen) atoms. The molecule has 9 heteroatoms. The number of ether oxygens (including phenoxy) is 1. The molecule has 0 fully saturated rings. The van der Waals surface area contributed by atoms with Crippen molar-refractivity contribution in [1.29, 1.82) is 0 Å². The van der Waals surface area contributed by atoms with Crippen LogP contribution in [0.15, 0.2) is 58.2 Å². The average Bonchev–Trinajstić information content (AvgIpc) is 2.74. The summed E-state index contributed by atoms with van der Waals surface area (Å²) < 4.78 is 6.11. The van der Waals surface area contributed by atoms with Crippen LogP contribution in [0.3, 0.4) is 0 Å². The molecule has 0 aliphatic rings. The van der Waals surface area contributed by atoms with E-state index in [-0.39, 0.29) is 24.2 Å². The third-order valence-corrected chi connectivity index (χ3v) is 4.79. The van der Waals surface area contributed by atoms with Gasteiger partial charge in [0.2, 0.25) is 0 Å². The highest BCUT2D eigenvalue weighted by molar-refractivity contribution is 7.98. The van der Waals surface area contributed by atoms with Gasteiger partial charge in [-0.05, 0) is 30.5 Å². The van der Waals surface area contributed by atoms with Gasteiger partial charge in [0.15, 0.2) is 12.3 Å². The lowest BCUT2D eigenvalue weighted by molar-refractivity contribution is -0.119. The van der Waals surface area contributed by atoms with Crippen LogP contribution in [0, 0.1) is 0 Å². The zero-order valence-electron chi connectivity index (χ0n) is 15.6.